The molecule has 2 heterocycles. The van der Waals surface area contributed by atoms with Gasteiger partial charge in [0.05, 0.1) is 24.8 Å². The summed E-state index contributed by atoms with van der Waals surface area (Å²) in [6.07, 6.45) is 4.80. The quantitative estimate of drug-likeness (QED) is 0.637. The number of ketones is 1. The molecule has 0 unspecified atom stereocenters. The minimum atomic E-state index is -0.530. The maximum Gasteiger partial charge on any atom is 0.324 e. The molecule has 2 N–H and O–H groups in total. The first-order valence-corrected chi connectivity index (χ1v) is 10.5. The largest absolute Gasteiger partial charge is 0.324 e. The second kappa shape index (κ2) is 8.85. The van der Waals surface area contributed by atoms with Crippen molar-refractivity contribution in [1.29, 1.82) is 0 Å². The molecule has 8 heteroatoms. The van der Waals surface area contributed by atoms with E-state index in [2.05, 4.69) is 5.10 Å². The van der Waals surface area contributed by atoms with Gasteiger partial charge in [-0.15, -0.1) is 0 Å². The Labute approximate surface area is 180 Å². The Kier molecular flexibility index (Phi) is 5.99. The van der Waals surface area contributed by atoms with Crippen molar-refractivity contribution >= 4 is 28.4 Å². The third-order valence-corrected chi connectivity index (χ3v) is 5.79. The molecule has 1 saturated heterocycles. The van der Waals surface area contributed by atoms with E-state index in [1.165, 1.54) is 6.07 Å². The van der Waals surface area contributed by atoms with Crippen LogP contribution < -0.4 is 10.6 Å². The summed E-state index contributed by atoms with van der Waals surface area (Å²) in [6.45, 7) is 1.26. The molecule has 0 bridgehead atoms. The number of likely N-dealkylation sites (tertiary alicyclic amines) is 1. The van der Waals surface area contributed by atoms with Crippen molar-refractivity contribution in [2.45, 2.75) is 25.8 Å². The Balaban J connectivity index is 1.70. The normalized spacial score (nSPS) is 14.1. The predicted octanol–water partition coefficient (Wildman–Crippen LogP) is 3.47. The van der Waals surface area contributed by atoms with Crippen LogP contribution in [0.1, 0.15) is 35.2 Å². The maximum absolute atomic E-state index is 14.8. The lowest BCUT2D eigenvalue weighted by Gasteiger charge is -2.33. The highest BCUT2D eigenvalue weighted by molar-refractivity contribution is 5.97. The lowest BCUT2D eigenvalue weighted by molar-refractivity contribution is 0.100. The fraction of sp³-hybridized carbons (Fsp3) is 0.348. The molecule has 0 saturated carbocycles. The third-order valence-electron chi connectivity index (χ3n) is 5.79. The maximum atomic E-state index is 14.8. The van der Waals surface area contributed by atoms with Gasteiger partial charge in [0, 0.05) is 42.3 Å². The summed E-state index contributed by atoms with van der Waals surface area (Å²) in [5, 5.41) is 5.23. The molecule has 1 aliphatic heterocycles. The number of Topliss-reactive ketones (excluding diaryl/α,β-unsaturated/α-hetero) is 1. The van der Waals surface area contributed by atoms with Gasteiger partial charge < -0.3 is 10.6 Å². The molecular formula is C23H26FN5O2. The Hall–Kier alpha value is -3.26. The molecule has 0 aliphatic carbocycles. The van der Waals surface area contributed by atoms with Crippen LogP contribution in [0.25, 0.3) is 10.9 Å². The Morgan fingerprint density at radius 3 is 2.61 bits per heavy atom. The molecule has 1 aromatic heterocycles. The molecular weight excluding hydrogens is 397 g/mol. The van der Waals surface area contributed by atoms with Gasteiger partial charge in [0.1, 0.15) is 5.82 Å². The van der Waals surface area contributed by atoms with Crippen LogP contribution in [0.2, 0.25) is 0 Å². The SMILES string of the molecule is Cn1ncc2ccc(N(Cc3ccc(C(=O)CN)cc3F)C(=O)N3CCCCC3)cc21. The van der Waals surface area contributed by atoms with Gasteiger partial charge >= 0.3 is 6.03 Å². The zero-order valence-electron chi connectivity index (χ0n) is 17.6. The van der Waals surface area contributed by atoms with Crippen molar-refractivity contribution in [1.82, 2.24) is 14.7 Å². The second-order valence-electron chi connectivity index (χ2n) is 7.86. The average Bonchev–Trinajstić information content (AvgIpc) is 3.18. The van der Waals surface area contributed by atoms with Gasteiger partial charge in [0.15, 0.2) is 5.78 Å². The zero-order valence-corrected chi connectivity index (χ0v) is 17.6. The van der Waals surface area contributed by atoms with Crippen molar-refractivity contribution in [2.24, 2.45) is 12.8 Å². The monoisotopic (exact) mass is 423 g/mol. The van der Waals surface area contributed by atoms with E-state index in [1.807, 2.05) is 30.1 Å². The van der Waals surface area contributed by atoms with E-state index in [9.17, 15) is 14.0 Å². The molecule has 1 aliphatic rings. The summed E-state index contributed by atoms with van der Waals surface area (Å²) < 4.78 is 16.6. The number of piperidine rings is 1. The third kappa shape index (κ3) is 4.29. The van der Waals surface area contributed by atoms with Crippen LogP contribution in [-0.2, 0) is 13.6 Å². The van der Waals surface area contributed by atoms with Crippen LogP contribution in [0, 0.1) is 5.82 Å². The van der Waals surface area contributed by atoms with E-state index in [0.29, 0.717) is 24.3 Å². The van der Waals surface area contributed by atoms with Gasteiger partial charge in [-0.1, -0.05) is 12.1 Å². The van der Waals surface area contributed by atoms with Crippen LogP contribution in [0.4, 0.5) is 14.9 Å². The number of nitrogens with two attached hydrogens (primary N) is 1. The highest BCUT2D eigenvalue weighted by Crippen LogP contribution is 2.26. The van der Waals surface area contributed by atoms with Crippen molar-refractivity contribution in [3.05, 3.63) is 59.5 Å². The van der Waals surface area contributed by atoms with E-state index in [-0.39, 0.29) is 30.5 Å². The number of carbonyl (C=O) groups excluding carboxylic acids is 2. The second-order valence-corrected chi connectivity index (χ2v) is 7.86. The number of nitrogens with zero attached hydrogens (tertiary/aromatic N) is 4. The molecule has 7 nitrogen and oxygen atoms in total. The van der Waals surface area contributed by atoms with Gasteiger partial charge in [-0.05, 0) is 43.5 Å². The van der Waals surface area contributed by atoms with Gasteiger partial charge in [-0.3, -0.25) is 14.4 Å². The van der Waals surface area contributed by atoms with Crippen LogP contribution in [-0.4, -0.2) is 46.1 Å². The molecule has 2 amide bonds. The number of aryl methyl sites for hydroxylation is 1. The van der Waals surface area contributed by atoms with Crippen molar-refractivity contribution in [3.8, 4) is 0 Å². The summed E-state index contributed by atoms with van der Waals surface area (Å²) >= 11 is 0. The van der Waals surface area contributed by atoms with E-state index < -0.39 is 5.82 Å². The standard InChI is InChI=1S/C23H26FN5O2/c1-27-21-12-19(8-7-17(21)14-26-27)29(23(31)28-9-3-2-4-10-28)15-18-6-5-16(11-20(18)24)22(30)13-25/h5-8,11-12,14H,2-4,9-10,13,15,25H2,1H3. The van der Waals surface area contributed by atoms with Gasteiger partial charge in [0.2, 0.25) is 0 Å². The molecule has 3 aromatic rings. The fourth-order valence-electron chi connectivity index (χ4n) is 3.96. The summed E-state index contributed by atoms with van der Waals surface area (Å²) in [5.74, 6) is -0.856. The lowest BCUT2D eigenvalue weighted by Crippen LogP contribution is -2.45. The number of aromatic nitrogens is 2. The van der Waals surface area contributed by atoms with Crippen LogP contribution in [0.3, 0.4) is 0 Å². The molecule has 0 spiro atoms. The fourth-order valence-corrected chi connectivity index (χ4v) is 3.96. The predicted molar refractivity (Wildman–Crippen MR) is 118 cm³/mol. The number of urea groups is 1. The molecule has 0 radical (unpaired) electrons. The number of amides is 2. The number of rotatable bonds is 5. The number of hydrogen-bond donors (Lipinski definition) is 1. The van der Waals surface area contributed by atoms with E-state index >= 15 is 0 Å². The zero-order chi connectivity index (χ0) is 22.0. The minimum Gasteiger partial charge on any atom is -0.324 e. The smallest absolute Gasteiger partial charge is 0.324 e. The summed E-state index contributed by atoms with van der Waals surface area (Å²) in [6, 6.07) is 9.82. The molecule has 4 rings (SSSR count). The lowest BCUT2D eigenvalue weighted by atomic mass is 10.1. The first kappa shape index (κ1) is 21.0. The molecule has 162 valence electrons. The van der Waals surface area contributed by atoms with E-state index in [0.717, 1.165) is 30.2 Å². The van der Waals surface area contributed by atoms with E-state index in [1.54, 1.807) is 27.9 Å². The Morgan fingerprint density at radius 1 is 1.13 bits per heavy atom. The Morgan fingerprint density at radius 2 is 1.90 bits per heavy atom. The number of anilines is 1. The number of fused-ring (bicyclic) bond motifs is 1. The highest BCUT2D eigenvalue weighted by atomic mass is 19.1. The highest BCUT2D eigenvalue weighted by Gasteiger charge is 2.25. The summed E-state index contributed by atoms with van der Waals surface area (Å²) in [7, 11) is 1.84. The average molecular weight is 423 g/mol. The topological polar surface area (TPSA) is 84.5 Å². The van der Waals surface area contributed by atoms with Crippen LogP contribution >= 0.6 is 0 Å². The number of benzene rings is 2. The first-order valence-electron chi connectivity index (χ1n) is 10.5. The van der Waals surface area contributed by atoms with Gasteiger partial charge in [-0.2, -0.15) is 5.10 Å². The van der Waals surface area contributed by atoms with Crippen molar-refractivity contribution in [3.63, 3.8) is 0 Å². The van der Waals surface area contributed by atoms with E-state index in [4.69, 9.17) is 5.73 Å². The number of carbonyl (C=O) groups is 2. The van der Waals surface area contributed by atoms with Gasteiger partial charge in [0.25, 0.3) is 0 Å². The van der Waals surface area contributed by atoms with Gasteiger partial charge in [-0.25, -0.2) is 9.18 Å². The van der Waals surface area contributed by atoms with Crippen molar-refractivity contribution in [2.75, 3.05) is 24.5 Å². The van der Waals surface area contributed by atoms with Crippen LogP contribution in [0.15, 0.2) is 42.6 Å². The molecule has 1 fully saturated rings. The minimum absolute atomic E-state index is 0.0572. The number of hydrogen-bond acceptors (Lipinski definition) is 4. The number of halogens is 1. The Bertz CT molecular complexity index is 1120. The summed E-state index contributed by atoms with van der Waals surface area (Å²) in [5.41, 5.74) is 7.51. The summed E-state index contributed by atoms with van der Waals surface area (Å²) in [4.78, 5) is 28.6. The van der Waals surface area contributed by atoms with Crippen molar-refractivity contribution < 1.29 is 14.0 Å². The van der Waals surface area contributed by atoms with Crippen LogP contribution in [0.5, 0.6) is 0 Å². The first-order chi connectivity index (χ1) is 15.0. The molecule has 31 heavy (non-hydrogen) atoms. The molecule has 0 atom stereocenters. The molecule has 2 aromatic carbocycles.